The molecule has 1 N–H and O–H groups in total. The van der Waals surface area contributed by atoms with E-state index in [1.54, 1.807) is 13.1 Å². The molecule has 0 saturated carbocycles. The Morgan fingerprint density at radius 3 is 2.50 bits per heavy atom. The van der Waals surface area contributed by atoms with Gasteiger partial charge < -0.3 is 14.6 Å². The van der Waals surface area contributed by atoms with E-state index in [-0.39, 0.29) is 17.2 Å². The SMILES string of the molecule is COc1cc(-c2cc(C(=O)O)nn2C)cc(F)c1OC. The number of carboxylic acids is 1. The Morgan fingerprint density at radius 1 is 1.30 bits per heavy atom. The standard InChI is InChI=1S/C13H13FN2O4/c1-16-10(6-9(15-16)13(17)18)7-4-8(14)12(20-3)11(5-7)19-2/h4-6H,1-3H3,(H,17,18). The van der Waals surface area contributed by atoms with Crippen molar-refractivity contribution in [2.24, 2.45) is 7.05 Å². The number of ether oxygens (including phenoxy) is 2. The zero-order valence-corrected chi connectivity index (χ0v) is 11.2. The Bertz CT molecular complexity index is 667. The van der Waals surface area contributed by atoms with Crippen LogP contribution >= 0.6 is 0 Å². The van der Waals surface area contributed by atoms with E-state index in [1.165, 1.54) is 31.0 Å². The molecular weight excluding hydrogens is 267 g/mol. The number of nitrogens with zero attached hydrogens (tertiary/aromatic N) is 2. The molecular formula is C13H13FN2O4. The van der Waals surface area contributed by atoms with E-state index in [0.717, 1.165) is 0 Å². The summed E-state index contributed by atoms with van der Waals surface area (Å²) in [5.74, 6) is -1.52. The number of hydrogen-bond acceptors (Lipinski definition) is 4. The minimum absolute atomic E-state index is 0.00289. The predicted octanol–water partition coefficient (Wildman–Crippen LogP) is 1.94. The van der Waals surface area contributed by atoms with Crippen molar-refractivity contribution in [3.05, 3.63) is 29.7 Å². The quantitative estimate of drug-likeness (QED) is 0.926. The minimum Gasteiger partial charge on any atom is -0.493 e. The molecule has 7 heteroatoms. The summed E-state index contributed by atoms with van der Waals surface area (Å²) in [5.41, 5.74) is 0.794. The van der Waals surface area contributed by atoms with E-state index in [0.29, 0.717) is 11.3 Å². The number of aryl methyl sites for hydroxylation is 1. The summed E-state index contributed by atoms with van der Waals surface area (Å²) in [5, 5.41) is 12.7. The number of aromatic carboxylic acids is 1. The van der Waals surface area contributed by atoms with Gasteiger partial charge >= 0.3 is 5.97 Å². The van der Waals surface area contributed by atoms with Crippen molar-refractivity contribution >= 4 is 5.97 Å². The Balaban J connectivity index is 2.58. The average Bonchev–Trinajstić information content (AvgIpc) is 2.80. The number of halogens is 1. The molecule has 0 unspecified atom stereocenters. The first-order chi connectivity index (χ1) is 9.47. The van der Waals surface area contributed by atoms with Gasteiger partial charge in [0.05, 0.1) is 19.9 Å². The second kappa shape index (κ2) is 5.20. The first-order valence-corrected chi connectivity index (χ1v) is 5.67. The van der Waals surface area contributed by atoms with Gasteiger partial charge in [-0.15, -0.1) is 0 Å². The van der Waals surface area contributed by atoms with Crippen LogP contribution in [0.4, 0.5) is 4.39 Å². The molecule has 0 radical (unpaired) electrons. The van der Waals surface area contributed by atoms with E-state index in [4.69, 9.17) is 14.6 Å². The molecule has 1 aromatic heterocycles. The van der Waals surface area contributed by atoms with Gasteiger partial charge in [-0.05, 0) is 18.2 Å². The van der Waals surface area contributed by atoms with Crippen LogP contribution in [-0.4, -0.2) is 35.1 Å². The smallest absolute Gasteiger partial charge is 0.356 e. The van der Waals surface area contributed by atoms with E-state index < -0.39 is 11.8 Å². The van der Waals surface area contributed by atoms with Gasteiger partial charge in [-0.25, -0.2) is 9.18 Å². The van der Waals surface area contributed by atoms with Gasteiger partial charge in [-0.1, -0.05) is 0 Å². The molecule has 0 aliphatic rings. The molecule has 0 atom stereocenters. The highest BCUT2D eigenvalue weighted by atomic mass is 19.1. The van der Waals surface area contributed by atoms with Crippen LogP contribution in [0.3, 0.4) is 0 Å². The average molecular weight is 280 g/mol. The van der Waals surface area contributed by atoms with Gasteiger partial charge in [0, 0.05) is 12.6 Å². The minimum atomic E-state index is -1.15. The molecule has 20 heavy (non-hydrogen) atoms. The van der Waals surface area contributed by atoms with E-state index in [1.807, 2.05) is 0 Å². The number of hydrogen-bond donors (Lipinski definition) is 1. The topological polar surface area (TPSA) is 73.6 Å². The van der Waals surface area contributed by atoms with Crippen molar-refractivity contribution in [2.45, 2.75) is 0 Å². The normalized spacial score (nSPS) is 10.4. The molecule has 0 fully saturated rings. The van der Waals surface area contributed by atoms with Crippen LogP contribution < -0.4 is 9.47 Å². The summed E-state index contributed by atoms with van der Waals surface area (Å²) >= 11 is 0. The van der Waals surface area contributed by atoms with Crippen LogP contribution in [0.15, 0.2) is 18.2 Å². The fourth-order valence-corrected chi connectivity index (χ4v) is 1.91. The van der Waals surface area contributed by atoms with Crippen molar-refractivity contribution in [1.29, 1.82) is 0 Å². The Hall–Kier alpha value is -2.57. The lowest BCUT2D eigenvalue weighted by Gasteiger charge is -2.11. The second-order valence-electron chi connectivity index (χ2n) is 4.04. The molecule has 0 bridgehead atoms. The second-order valence-corrected chi connectivity index (χ2v) is 4.04. The number of carboxylic acid groups (broad SMARTS) is 1. The maximum absolute atomic E-state index is 13.9. The van der Waals surface area contributed by atoms with Crippen LogP contribution in [0.25, 0.3) is 11.3 Å². The molecule has 0 aliphatic heterocycles. The fraction of sp³-hybridized carbons (Fsp3) is 0.231. The van der Waals surface area contributed by atoms with Crippen molar-refractivity contribution < 1.29 is 23.8 Å². The van der Waals surface area contributed by atoms with Gasteiger partial charge in [0.1, 0.15) is 0 Å². The van der Waals surface area contributed by atoms with E-state index >= 15 is 0 Å². The summed E-state index contributed by atoms with van der Waals surface area (Å²) in [6.45, 7) is 0. The lowest BCUT2D eigenvalue weighted by molar-refractivity contribution is 0.0689. The fourth-order valence-electron chi connectivity index (χ4n) is 1.91. The van der Waals surface area contributed by atoms with E-state index in [9.17, 15) is 9.18 Å². The highest BCUT2D eigenvalue weighted by Crippen LogP contribution is 2.35. The van der Waals surface area contributed by atoms with Gasteiger partial charge in [-0.2, -0.15) is 5.10 Å². The maximum Gasteiger partial charge on any atom is 0.356 e. The number of carbonyl (C=O) groups is 1. The van der Waals surface area contributed by atoms with Crippen LogP contribution in [0.5, 0.6) is 11.5 Å². The third-order valence-electron chi connectivity index (χ3n) is 2.83. The molecule has 6 nitrogen and oxygen atoms in total. The van der Waals surface area contributed by atoms with Crippen molar-refractivity contribution in [2.75, 3.05) is 14.2 Å². The summed E-state index contributed by atoms with van der Waals surface area (Å²) < 4.78 is 25.3. The van der Waals surface area contributed by atoms with Crippen molar-refractivity contribution in [3.63, 3.8) is 0 Å². The summed E-state index contributed by atoms with van der Waals surface area (Å²) in [6.07, 6.45) is 0. The van der Waals surface area contributed by atoms with Gasteiger partial charge in [-0.3, -0.25) is 4.68 Å². The molecule has 106 valence electrons. The highest BCUT2D eigenvalue weighted by molar-refractivity contribution is 5.87. The number of rotatable bonds is 4. The van der Waals surface area contributed by atoms with Crippen LogP contribution in [0, 0.1) is 5.82 Å². The third-order valence-corrected chi connectivity index (χ3v) is 2.83. The highest BCUT2D eigenvalue weighted by Gasteiger charge is 2.17. The Kier molecular flexibility index (Phi) is 3.60. The molecule has 2 aromatic rings. The maximum atomic E-state index is 13.9. The van der Waals surface area contributed by atoms with E-state index in [2.05, 4.69) is 5.10 Å². The monoisotopic (exact) mass is 280 g/mol. The molecule has 0 aliphatic carbocycles. The van der Waals surface area contributed by atoms with Crippen LogP contribution in [0.2, 0.25) is 0 Å². The van der Waals surface area contributed by atoms with Gasteiger partial charge in [0.25, 0.3) is 0 Å². The zero-order chi connectivity index (χ0) is 14.9. The molecule has 0 saturated heterocycles. The molecule has 0 spiro atoms. The summed E-state index contributed by atoms with van der Waals surface area (Å²) in [6, 6.07) is 4.16. The summed E-state index contributed by atoms with van der Waals surface area (Å²) in [7, 11) is 4.32. The molecule has 1 aromatic carbocycles. The number of benzene rings is 1. The van der Waals surface area contributed by atoms with Crippen molar-refractivity contribution in [3.8, 4) is 22.8 Å². The van der Waals surface area contributed by atoms with Crippen LogP contribution in [0.1, 0.15) is 10.5 Å². The third kappa shape index (κ3) is 2.29. The van der Waals surface area contributed by atoms with Gasteiger partial charge in [0.2, 0.25) is 0 Å². The zero-order valence-electron chi connectivity index (χ0n) is 11.2. The van der Waals surface area contributed by atoms with Crippen molar-refractivity contribution in [1.82, 2.24) is 9.78 Å². The summed E-state index contributed by atoms with van der Waals surface area (Å²) in [4.78, 5) is 10.9. The molecule has 2 rings (SSSR count). The lowest BCUT2D eigenvalue weighted by atomic mass is 10.1. The number of methoxy groups -OCH3 is 2. The first kappa shape index (κ1) is 13.9. The predicted molar refractivity (Wildman–Crippen MR) is 68.7 cm³/mol. The Labute approximate surface area is 114 Å². The number of aromatic nitrogens is 2. The molecule has 1 heterocycles. The Morgan fingerprint density at radius 2 is 2.00 bits per heavy atom. The van der Waals surface area contributed by atoms with Gasteiger partial charge in [0.15, 0.2) is 23.0 Å². The first-order valence-electron chi connectivity index (χ1n) is 5.67. The largest absolute Gasteiger partial charge is 0.493 e. The van der Waals surface area contributed by atoms with Crippen LogP contribution in [-0.2, 0) is 7.05 Å². The lowest BCUT2D eigenvalue weighted by Crippen LogP contribution is -2.00. The molecule has 0 amide bonds.